The van der Waals surface area contributed by atoms with Crippen LogP contribution in [0.25, 0.3) is 11.0 Å². The van der Waals surface area contributed by atoms with Crippen LogP contribution in [0.1, 0.15) is 17.7 Å². The molecule has 0 atom stereocenters. The van der Waals surface area contributed by atoms with E-state index in [0.717, 1.165) is 16.8 Å². The number of hydrogen-bond acceptors (Lipinski definition) is 3. The number of para-hydroxylation sites is 2. The lowest BCUT2D eigenvalue weighted by molar-refractivity contribution is -0.116. The first-order valence-electron chi connectivity index (χ1n) is 7.46. The van der Waals surface area contributed by atoms with Crippen molar-refractivity contribution >= 4 is 22.6 Å². The summed E-state index contributed by atoms with van der Waals surface area (Å²) in [5.41, 5.74) is 3.40. The van der Waals surface area contributed by atoms with Gasteiger partial charge in [0.1, 0.15) is 5.69 Å². The molecule has 3 rings (SSSR count). The van der Waals surface area contributed by atoms with Crippen molar-refractivity contribution in [1.82, 2.24) is 9.97 Å². The normalized spacial score (nSPS) is 10.7. The number of hydrogen-bond donors (Lipinski definition) is 2. The van der Waals surface area contributed by atoms with Gasteiger partial charge < -0.3 is 10.3 Å². The molecule has 0 unspecified atom stereocenters. The maximum absolute atomic E-state index is 12.0. The number of rotatable bonds is 4. The molecule has 0 aliphatic heterocycles. The van der Waals surface area contributed by atoms with Gasteiger partial charge in [0.2, 0.25) is 5.91 Å². The highest BCUT2D eigenvalue weighted by molar-refractivity contribution is 5.90. The van der Waals surface area contributed by atoms with Crippen molar-refractivity contribution in [2.75, 3.05) is 5.32 Å². The van der Waals surface area contributed by atoms with E-state index in [1.165, 1.54) is 0 Å². The Bertz CT molecular complexity index is 915. The van der Waals surface area contributed by atoms with Gasteiger partial charge >= 0.3 is 0 Å². The molecule has 5 heteroatoms. The zero-order valence-electron chi connectivity index (χ0n) is 12.8. The third-order valence-electron chi connectivity index (χ3n) is 3.56. The fourth-order valence-corrected chi connectivity index (χ4v) is 2.42. The van der Waals surface area contributed by atoms with E-state index >= 15 is 0 Å². The molecular weight excluding hydrogens is 290 g/mol. The predicted molar refractivity (Wildman–Crippen MR) is 90.5 cm³/mol. The minimum Gasteiger partial charge on any atom is -0.326 e. The highest BCUT2D eigenvalue weighted by atomic mass is 16.1. The molecule has 0 saturated heterocycles. The minimum atomic E-state index is -0.243. The summed E-state index contributed by atoms with van der Waals surface area (Å²) in [6.45, 7) is 1.97. The molecule has 0 aliphatic carbocycles. The van der Waals surface area contributed by atoms with Crippen LogP contribution in [0.15, 0.2) is 53.3 Å². The zero-order valence-corrected chi connectivity index (χ0v) is 12.8. The molecule has 1 amide bonds. The molecule has 0 fully saturated rings. The Morgan fingerprint density at radius 1 is 1.17 bits per heavy atom. The van der Waals surface area contributed by atoms with Gasteiger partial charge in [0.15, 0.2) is 0 Å². The number of aromatic amines is 1. The smallest absolute Gasteiger partial charge is 0.270 e. The molecule has 2 aromatic carbocycles. The van der Waals surface area contributed by atoms with Gasteiger partial charge in [0.25, 0.3) is 5.56 Å². The standard InChI is InChI=1S/C18H17N3O2/c1-12-5-4-6-13(11-12)19-17(22)10-9-16-18(23)21-15-8-3-2-7-14(15)20-16/h2-8,11H,9-10H2,1H3,(H,19,22)(H,21,23). The maximum Gasteiger partial charge on any atom is 0.270 e. The number of aromatic nitrogens is 2. The fraction of sp³-hybridized carbons (Fsp3) is 0.167. The number of benzene rings is 2. The molecule has 3 aromatic rings. The Hall–Kier alpha value is -2.95. The van der Waals surface area contributed by atoms with Crippen LogP contribution in [-0.4, -0.2) is 15.9 Å². The number of aryl methyl sites for hydroxylation is 2. The van der Waals surface area contributed by atoms with E-state index in [0.29, 0.717) is 17.6 Å². The van der Waals surface area contributed by atoms with Crippen LogP contribution in [0, 0.1) is 6.92 Å². The Kier molecular flexibility index (Phi) is 4.19. The van der Waals surface area contributed by atoms with Crippen molar-refractivity contribution in [2.45, 2.75) is 19.8 Å². The first-order valence-corrected chi connectivity index (χ1v) is 7.46. The molecule has 0 radical (unpaired) electrons. The van der Waals surface area contributed by atoms with Gasteiger partial charge in [-0.2, -0.15) is 0 Å². The molecule has 116 valence electrons. The summed E-state index contributed by atoms with van der Waals surface area (Å²) in [7, 11) is 0. The second-order valence-corrected chi connectivity index (χ2v) is 5.45. The molecule has 1 heterocycles. The van der Waals surface area contributed by atoms with Crippen LogP contribution in [0.3, 0.4) is 0 Å². The third-order valence-corrected chi connectivity index (χ3v) is 3.56. The summed E-state index contributed by atoms with van der Waals surface area (Å²) in [4.78, 5) is 31.2. The molecule has 23 heavy (non-hydrogen) atoms. The van der Waals surface area contributed by atoms with E-state index in [2.05, 4.69) is 15.3 Å². The summed E-state index contributed by atoms with van der Waals surface area (Å²) in [6.07, 6.45) is 0.514. The number of amides is 1. The van der Waals surface area contributed by atoms with Crippen molar-refractivity contribution in [1.29, 1.82) is 0 Å². The average Bonchev–Trinajstić information content (AvgIpc) is 2.53. The Balaban J connectivity index is 1.69. The molecule has 0 saturated carbocycles. The highest BCUT2D eigenvalue weighted by Crippen LogP contribution is 2.11. The van der Waals surface area contributed by atoms with E-state index in [-0.39, 0.29) is 17.9 Å². The second kappa shape index (κ2) is 6.44. The lowest BCUT2D eigenvalue weighted by Crippen LogP contribution is -2.19. The number of H-pyrrole nitrogens is 1. The summed E-state index contributed by atoms with van der Waals surface area (Å²) < 4.78 is 0. The van der Waals surface area contributed by atoms with Crippen LogP contribution >= 0.6 is 0 Å². The van der Waals surface area contributed by atoms with Gasteiger partial charge in [-0.1, -0.05) is 24.3 Å². The van der Waals surface area contributed by atoms with E-state index in [9.17, 15) is 9.59 Å². The molecule has 5 nitrogen and oxygen atoms in total. The van der Waals surface area contributed by atoms with Crippen LogP contribution in [0.5, 0.6) is 0 Å². The number of carbonyl (C=O) groups excluding carboxylic acids is 1. The third kappa shape index (κ3) is 3.63. The number of nitrogens with one attached hydrogen (secondary N) is 2. The summed E-state index contributed by atoms with van der Waals surface area (Å²) in [6, 6.07) is 14.9. The SMILES string of the molecule is Cc1cccc(NC(=O)CCc2nc3ccccc3[nH]c2=O)c1. The van der Waals surface area contributed by atoms with Crippen LogP contribution in [0.2, 0.25) is 0 Å². The van der Waals surface area contributed by atoms with Gasteiger partial charge in [-0.05, 0) is 36.8 Å². The predicted octanol–water partition coefficient (Wildman–Crippen LogP) is 2.80. The molecule has 1 aromatic heterocycles. The lowest BCUT2D eigenvalue weighted by atomic mass is 10.2. The summed E-state index contributed by atoms with van der Waals surface area (Å²) >= 11 is 0. The molecular formula is C18H17N3O2. The van der Waals surface area contributed by atoms with Crippen LogP contribution in [0.4, 0.5) is 5.69 Å². The van der Waals surface area contributed by atoms with Crippen LogP contribution in [-0.2, 0) is 11.2 Å². The maximum atomic E-state index is 12.0. The van der Waals surface area contributed by atoms with E-state index in [1.807, 2.05) is 49.4 Å². The number of carbonyl (C=O) groups is 1. The number of anilines is 1. The molecule has 0 spiro atoms. The monoisotopic (exact) mass is 307 g/mol. The Labute approximate surface area is 133 Å². The van der Waals surface area contributed by atoms with Gasteiger partial charge in [-0.25, -0.2) is 4.98 Å². The lowest BCUT2D eigenvalue weighted by Gasteiger charge is -2.06. The van der Waals surface area contributed by atoms with Gasteiger partial charge in [0, 0.05) is 18.5 Å². The first kappa shape index (κ1) is 15.0. The largest absolute Gasteiger partial charge is 0.326 e. The van der Waals surface area contributed by atoms with Crippen molar-refractivity contribution in [3.63, 3.8) is 0 Å². The highest BCUT2D eigenvalue weighted by Gasteiger charge is 2.08. The Morgan fingerprint density at radius 3 is 2.83 bits per heavy atom. The van der Waals surface area contributed by atoms with Crippen molar-refractivity contribution in [2.24, 2.45) is 0 Å². The quantitative estimate of drug-likeness (QED) is 0.778. The van der Waals surface area contributed by atoms with Crippen molar-refractivity contribution in [3.8, 4) is 0 Å². The van der Waals surface area contributed by atoms with E-state index in [4.69, 9.17) is 0 Å². The van der Waals surface area contributed by atoms with Gasteiger partial charge in [-0.3, -0.25) is 9.59 Å². The second-order valence-electron chi connectivity index (χ2n) is 5.45. The first-order chi connectivity index (χ1) is 11.1. The fourth-order valence-electron chi connectivity index (χ4n) is 2.42. The number of fused-ring (bicyclic) bond motifs is 1. The summed E-state index contributed by atoms with van der Waals surface area (Å²) in [5.74, 6) is -0.134. The average molecular weight is 307 g/mol. The molecule has 0 aliphatic rings. The van der Waals surface area contributed by atoms with E-state index in [1.54, 1.807) is 6.07 Å². The topological polar surface area (TPSA) is 74.8 Å². The Morgan fingerprint density at radius 2 is 2.00 bits per heavy atom. The number of nitrogens with zero attached hydrogens (tertiary/aromatic N) is 1. The zero-order chi connectivity index (χ0) is 16.2. The minimum absolute atomic E-state index is 0.134. The molecule has 2 N–H and O–H groups in total. The molecule has 0 bridgehead atoms. The van der Waals surface area contributed by atoms with Gasteiger partial charge in [0.05, 0.1) is 11.0 Å². The summed E-state index contributed by atoms with van der Waals surface area (Å²) in [5, 5.41) is 2.83. The van der Waals surface area contributed by atoms with E-state index < -0.39 is 0 Å². The van der Waals surface area contributed by atoms with Crippen LogP contribution < -0.4 is 10.9 Å². The van der Waals surface area contributed by atoms with Gasteiger partial charge in [-0.15, -0.1) is 0 Å². The van der Waals surface area contributed by atoms with Crippen molar-refractivity contribution < 1.29 is 4.79 Å². The van der Waals surface area contributed by atoms with Crippen molar-refractivity contribution in [3.05, 3.63) is 70.1 Å².